The molecule has 2 aromatic heterocycles. The Kier molecular flexibility index (Phi) is 9.70. The van der Waals surface area contributed by atoms with Gasteiger partial charge in [-0.1, -0.05) is 218 Å². The predicted molar refractivity (Wildman–Crippen MR) is 282 cm³/mol. The van der Waals surface area contributed by atoms with Gasteiger partial charge in [-0.2, -0.15) is 0 Å². The van der Waals surface area contributed by atoms with Crippen LogP contribution in [0.25, 0.3) is 144 Å². The van der Waals surface area contributed by atoms with Crippen molar-refractivity contribution in [1.29, 1.82) is 0 Å². The molecule has 8 bridgehead atoms. The maximum Gasteiger partial charge on any atom is 2.00 e. The van der Waals surface area contributed by atoms with Gasteiger partial charge in [-0.25, -0.2) is 9.97 Å². The minimum absolute atomic E-state index is 0. The van der Waals surface area contributed by atoms with Gasteiger partial charge in [0.1, 0.15) is 0 Å². The van der Waals surface area contributed by atoms with Gasteiger partial charge in [0, 0.05) is 22.3 Å². The molecule has 0 N–H and O–H groups in total. The fourth-order valence-electron chi connectivity index (χ4n) is 10.7. The molecule has 0 radical (unpaired) electrons. The molecule has 1 aliphatic carbocycles. The molecule has 0 fully saturated rings. The molecule has 0 atom stereocenters. The van der Waals surface area contributed by atoms with Crippen LogP contribution in [0.4, 0.5) is 0 Å². The van der Waals surface area contributed by atoms with Crippen molar-refractivity contribution < 1.29 is 20.4 Å². The molecular weight excluding hydrogens is 931 g/mol. The third-order valence-electron chi connectivity index (χ3n) is 13.7. The van der Waals surface area contributed by atoms with E-state index >= 15 is 0 Å². The summed E-state index contributed by atoms with van der Waals surface area (Å²) in [6, 6.07) is 82.0. The van der Waals surface area contributed by atoms with E-state index in [0.717, 1.165) is 144 Å². The minimum Gasteiger partial charge on any atom is -0.656 e. The molecule has 3 aliphatic rings. The summed E-state index contributed by atoms with van der Waals surface area (Å²) in [5.74, 6) is 0. The number of fused-ring (bicyclic) bond motifs is 1. The van der Waals surface area contributed by atoms with Gasteiger partial charge in [-0.3, -0.25) is 0 Å². The SMILES string of the molecule is [Pd+2].c1ccc(-c2c3nc(c(-c4ccccc4)c4[n-]c(c(-c5ccccc5)c5nc(c(-c6ccccc6)c6[n-]c2c2ccccc62)-c2cc6ccccc6cc2-5)c2ccccc42)-c2ccccc2-3)cc1. The van der Waals surface area contributed by atoms with Crippen molar-refractivity contribution in [2.24, 2.45) is 0 Å². The molecular formula is C64H38N4Pd. The van der Waals surface area contributed by atoms with E-state index in [0.29, 0.717) is 0 Å². The molecule has 0 unspecified atom stereocenters. The third kappa shape index (κ3) is 6.40. The zero-order chi connectivity index (χ0) is 44.7. The fraction of sp³-hybridized carbons (Fsp3) is 0. The van der Waals surface area contributed by atoms with Crippen LogP contribution in [-0.4, -0.2) is 9.97 Å². The van der Waals surface area contributed by atoms with Crippen LogP contribution in [0.2, 0.25) is 0 Å². The quantitative estimate of drug-likeness (QED) is 0.165. The van der Waals surface area contributed by atoms with Crippen molar-refractivity contribution in [3.05, 3.63) is 231 Å². The first-order valence-corrected chi connectivity index (χ1v) is 23.1. The maximum absolute atomic E-state index is 5.97. The number of aromatic nitrogens is 4. The monoisotopic (exact) mass is 968 g/mol. The van der Waals surface area contributed by atoms with E-state index in [1.54, 1.807) is 0 Å². The Bertz CT molecular complexity index is 3910. The Balaban J connectivity index is 0.00000469. The van der Waals surface area contributed by atoms with Crippen molar-refractivity contribution in [2.75, 3.05) is 0 Å². The van der Waals surface area contributed by atoms with E-state index in [9.17, 15) is 0 Å². The Labute approximate surface area is 412 Å². The summed E-state index contributed by atoms with van der Waals surface area (Å²) >= 11 is 0. The van der Waals surface area contributed by atoms with Gasteiger partial charge in [-0.05, 0) is 89.0 Å². The molecule has 0 saturated carbocycles. The summed E-state index contributed by atoms with van der Waals surface area (Å²) in [5, 5.41) is 6.48. The Hall–Kier alpha value is -8.46. The van der Waals surface area contributed by atoms with E-state index in [1.165, 1.54) is 0 Å². The fourth-order valence-corrected chi connectivity index (χ4v) is 10.7. The summed E-state index contributed by atoms with van der Waals surface area (Å²) in [6.45, 7) is 0. The van der Waals surface area contributed by atoms with E-state index in [2.05, 4.69) is 231 Å². The van der Waals surface area contributed by atoms with Crippen molar-refractivity contribution in [1.82, 2.24) is 19.9 Å². The van der Waals surface area contributed by atoms with Crippen LogP contribution in [0.3, 0.4) is 0 Å². The molecule has 14 rings (SSSR count). The molecule has 5 heteroatoms. The topological polar surface area (TPSA) is 54.0 Å². The van der Waals surface area contributed by atoms with Crippen LogP contribution in [0.15, 0.2) is 231 Å². The van der Waals surface area contributed by atoms with Gasteiger partial charge in [-0.15, -0.1) is 22.1 Å². The molecule has 11 aromatic rings. The molecule has 4 heterocycles. The van der Waals surface area contributed by atoms with Crippen molar-refractivity contribution in [3.8, 4) is 89.5 Å². The second-order valence-corrected chi connectivity index (χ2v) is 17.6. The first-order valence-electron chi connectivity index (χ1n) is 23.1. The van der Waals surface area contributed by atoms with E-state index in [4.69, 9.17) is 19.9 Å². The zero-order valence-electron chi connectivity index (χ0n) is 37.0. The molecule has 0 saturated heterocycles. The van der Waals surface area contributed by atoms with E-state index in [-0.39, 0.29) is 20.4 Å². The molecule has 69 heavy (non-hydrogen) atoms. The van der Waals surface area contributed by atoms with Gasteiger partial charge < -0.3 is 9.97 Å². The smallest absolute Gasteiger partial charge is 0.656 e. The first-order chi connectivity index (χ1) is 33.8. The van der Waals surface area contributed by atoms with Crippen LogP contribution in [0.5, 0.6) is 0 Å². The molecule has 0 spiro atoms. The Morgan fingerprint density at radius 3 is 0.797 bits per heavy atom. The van der Waals surface area contributed by atoms with Crippen molar-refractivity contribution in [2.45, 2.75) is 0 Å². The Morgan fingerprint density at radius 2 is 0.493 bits per heavy atom. The normalized spacial score (nSPS) is 11.7. The van der Waals surface area contributed by atoms with Crippen molar-refractivity contribution in [3.63, 3.8) is 0 Å². The molecule has 0 amide bonds. The number of hydrogen-bond acceptors (Lipinski definition) is 2. The zero-order valence-corrected chi connectivity index (χ0v) is 38.6. The summed E-state index contributed by atoms with van der Waals surface area (Å²) in [4.78, 5) is 23.7. The third-order valence-corrected chi connectivity index (χ3v) is 13.7. The predicted octanol–water partition coefficient (Wildman–Crippen LogP) is 16.4. The number of rotatable bonds is 4. The van der Waals surface area contributed by atoms with Gasteiger partial charge >= 0.3 is 20.4 Å². The van der Waals surface area contributed by atoms with Crippen LogP contribution < -0.4 is 9.97 Å². The van der Waals surface area contributed by atoms with E-state index in [1.807, 2.05) is 0 Å². The summed E-state index contributed by atoms with van der Waals surface area (Å²) in [6.07, 6.45) is 0. The van der Waals surface area contributed by atoms with Crippen molar-refractivity contribution >= 4 is 54.4 Å². The van der Waals surface area contributed by atoms with Gasteiger partial charge in [0.15, 0.2) is 0 Å². The summed E-state index contributed by atoms with van der Waals surface area (Å²) in [7, 11) is 0. The van der Waals surface area contributed by atoms with Crippen LogP contribution in [0, 0.1) is 0 Å². The van der Waals surface area contributed by atoms with E-state index < -0.39 is 0 Å². The number of benzene rings is 9. The van der Waals surface area contributed by atoms with Gasteiger partial charge in [0.05, 0.1) is 22.8 Å². The standard InChI is InChI=1S/C64H38N4.Pd/c1-5-21-39(22-6-1)53-57-45-31-15-16-32-46(45)58(65-57)54(40-23-7-2-8-24-40)60-48-34-18-20-36-50(48)62(67-60)56(42-27-11-4-12-28-42)64-52-38-44-30-14-13-29-43(44)37-51(52)63(68-64)55(41-25-9-3-10-26-41)61-49-35-19-17-33-47(49)59(53)66-61;/h1-38H;/q-2;+2. The van der Waals surface area contributed by atoms with Crippen LogP contribution >= 0.6 is 0 Å². The second-order valence-electron chi connectivity index (χ2n) is 17.6. The maximum atomic E-state index is 5.97. The average molecular weight is 969 g/mol. The first kappa shape index (κ1) is 40.8. The van der Waals surface area contributed by atoms with Crippen LogP contribution in [0.1, 0.15) is 0 Å². The second kappa shape index (κ2) is 16.4. The Morgan fingerprint density at radius 1 is 0.246 bits per heavy atom. The minimum atomic E-state index is 0. The molecule has 2 aliphatic heterocycles. The largest absolute Gasteiger partial charge is 2.00 e. The van der Waals surface area contributed by atoms with Crippen LogP contribution in [-0.2, 0) is 20.4 Å². The number of hydrogen-bond donors (Lipinski definition) is 0. The molecule has 9 aromatic carbocycles. The molecule has 324 valence electrons. The molecule has 4 nitrogen and oxygen atoms in total. The summed E-state index contributed by atoms with van der Waals surface area (Å²) < 4.78 is 0. The summed E-state index contributed by atoms with van der Waals surface area (Å²) in [5.41, 5.74) is 19.2. The average Bonchev–Trinajstić information content (AvgIpc) is 4.17. The van der Waals surface area contributed by atoms with Gasteiger partial charge in [0.2, 0.25) is 0 Å². The number of nitrogens with zero attached hydrogens (tertiary/aromatic N) is 4. The van der Waals surface area contributed by atoms with Gasteiger partial charge in [0.25, 0.3) is 0 Å².